The Morgan fingerprint density at radius 2 is 1.93 bits per heavy atom. The summed E-state index contributed by atoms with van der Waals surface area (Å²) in [5.74, 6) is 2.95. The van der Waals surface area contributed by atoms with Gasteiger partial charge in [-0.05, 0) is 37.5 Å². The molecule has 0 saturated heterocycles. The third-order valence-electron chi connectivity index (χ3n) is 5.69. The second kappa shape index (κ2) is 8.51. The van der Waals surface area contributed by atoms with Crippen molar-refractivity contribution in [3.63, 3.8) is 0 Å². The van der Waals surface area contributed by atoms with E-state index in [4.69, 9.17) is 10.7 Å². The first-order valence-electron chi connectivity index (χ1n) is 10.4. The number of aryl methyl sites for hydroxylation is 2. The van der Waals surface area contributed by atoms with Crippen LogP contribution in [0.4, 0.5) is 5.82 Å². The van der Waals surface area contributed by atoms with Crippen molar-refractivity contribution in [1.82, 2.24) is 14.5 Å². The van der Waals surface area contributed by atoms with Crippen molar-refractivity contribution < 1.29 is 0 Å². The number of benzene rings is 1. The maximum absolute atomic E-state index is 6.23. The number of nitrogen functional groups attached to an aromatic ring is 1. The molecule has 2 heterocycles. The summed E-state index contributed by atoms with van der Waals surface area (Å²) in [7, 11) is 0. The third kappa shape index (κ3) is 3.93. The summed E-state index contributed by atoms with van der Waals surface area (Å²) in [6, 6.07) is 8.27. The molecule has 0 unspecified atom stereocenters. The summed E-state index contributed by atoms with van der Waals surface area (Å²) in [6.45, 7) is 3.18. The zero-order valence-electron chi connectivity index (χ0n) is 16.3. The predicted octanol–water partition coefficient (Wildman–Crippen LogP) is 5.58. The summed E-state index contributed by atoms with van der Waals surface area (Å²) in [6.07, 6.45) is 10.5. The van der Waals surface area contributed by atoms with Crippen LogP contribution in [-0.2, 0) is 13.0 Å². The van der Waals surface area contributed by atoms with E-state index in [1.165, 1.54) is 50.7 Å². The number of nitrogens with zero attached hydrogens (tertiary/aromatic N) is 3. The predicted molar refractivity (Wildman–Crippen MR) is 117 cm³/mol. The molecule has 2 N–H and O–H groups in total. The molecule has 4 nitrogen and oxygen atoms in total. The molecular formula is C22H30N4S. The highest BCUT2D eigenvalue weighted by molar-refractivity contribution is 7.99. The summed E-state index contributed by atoms with van der Waals surface area (Å²) in [5, 5.41) is 2.07. The van der Waals surface area contributed by atoms with Crippen LogP contribution in [0.5, 0.6) is 0 Å². The number of hydrogen-bond acceptors (Lipinski definition) is 4. The average molecular weight is 383 g/mol. The minimum atomic E-state index is 0.546. The highest BCUT2D eigenvalue weighted by Crippen LogP contribution is 2.30. The van der Waals surface area contributed by atoms with Crippen molar-refractivity contribution in [3.05, 3.63) is 30.1 Å². The van der Waals surface area contributed by atoms with Gasteiger partial charge in [0.15, 0.2) is 5.82 Å². The van der Waals surface area contributed by atoms with Gasteiger partial charge in [-0.25, -0.2) is 9.97 Å². The smallest absolute Gasteiger partial charge is 0.152 e. The lowest BCUT2D eigenvalue weighted by molar-refractivity contribution is 0.515. The number of hydrogen-bond donors (Lipinski definition) is 1. The molecule has 4 rings (SSSR count). The Morgan fingerprint density at radius 1 is 1.11 bits per heavy atom. The van der Waals surface area contributed by atoms with Crippen LogP contribution in [0.25, 0.3) is 21.9 Å². The molecule has 0 radical (unpaired) electrons. The van der Waals surface area contributed by atoms with Crippen molar-refractivity contribution in [2.75, 3.05) is 11.5 Å². The number of anilines is 1. The van der Waals surface area contributed by atoms with Crippen LogP contribution in [0.2, 0.25) is 0 Å². The van der Waals surface area contributed by atoms with E-state index in [0.29, 0.717) is 5.82 Å². The van der Waals surface area contributed by atoms with E-state index in [-0.39, 0.29) is 0 Å². The zero-order chi connectivity index (χ0) is 18.6. The molecule has 1 aliphatic rings. The lowest BCUT2D eigenvalue weighted by atomic mass is 10.0. The van der Waals surface area contributed by atoms with Gasteiger partial charge in [-0.3, -0.25) is 0 Å². The molecule has 2 aromatic heterocycles. The zero-order valence-corrected chi connectivity index (χ0v) is 17.1. The van der Waals surface area contributed by atoms with Crippen molar-refractivity contribution in [3.8, 4) is 0 Å². The second-order valence-corrected chi connectivity index (χ2v) is 8.99. The average Bonchev–Trinajstić information content (AvgIpc) is 3.08. The van der Waals surface area contributed by atoms with Crippen molar-refractivity contribution in [1.29, 1.82) is 0 Å². The quantitative estimate of drug-likeness (QED) is 0.542. The van der Waals surface area contributed by atoms with Crippen LogP contribution in [0.3, 0.4) is 0 Å². The fraction of sp³-hybridized carbons (Fsp3) is 0.545. The van der Waals surface area contributed by atoms with Crippen LogP contribution < -0.4 is 5.73 Å². The van der Waals surface area contributed by atoms with E-state index in [0.717, 1.165) is 46.0 Å². The van der Waals surface area contributed by atoms with E-state index in [9.17, 15) is 0 Å². The van der Waals surface area contributed by atoms with Crippen molar-refractivity contribution in [2.45, 2.75) is 70.1 Å². The first-order chi connectivity index (χ1) is 13.3. The molecule has 27 heavy (non-hydrogen) atoms. The highest BCUT2D eigenvalue weighted by atomic mass is 32.2. The van der Waals surface area contributed by atoms with E-state index in [1.807, 2.05) is 12.1 Å². The molecule has 1 fully saturated rings. The largest absolute Gasteiger partial charge is 0.382 e. The second-order valence-electron chi connectivity index (χ2n) is 7.58. The monoisotopic (exact) mass is 382 g/mol. The van der Waals surface area contributed by atoms with E-state index in [1.54, 1.807) is 0 Å². The molecule has 0 spiro atoms. The number of rotatable bonds is 7. The number of pyridine rings is 1. The molecule has 0 bridgehead atoms. The molecule has 144 valence electrons. The first-order valence-corrected chi connectivity index (χ1v) is 11.5. The van der Waals surface area contributed by atoms with Gasteiger partial charge in [-0.1, -0.05) is 44.4 Å². The van der Waals surface area contributed by atoms with Crippen LogP contribution in [0.1, 0.15) is 57.7 Å². The summed E-state index contributed by atoms with van der Waals surface area (Å²) >= 11 is 2.20. The number of imidazole rings is 1. The molecule has 3 aromatic rings. The van der Waals surface area contributed by atoms with E-state index in [2.05, 4.69) is 40.4 Å². The number of nitrogens with two attached hydrogens (primary N) is 1. The molecule has 5 heteroatoms. The number of unbranched alkanes of at least 4 members (excludes halogenated alkanes) is 1. The Kier molecular flexibility index (Phi) is 5.86. The van der Waals surface area contributed by atoms with Gasteiger partial charge in [0.25, 0.3) is 0 Å². The van der Waals surface area contributed by atoms with Crippen molar-refractivity contribution in [2.24, 2.45) is 0 Å². The molecule has 1 saturated carbocycles. The minimum absolute atomic E-state index is 0.546. The van der Waals surface area contributed by atoms with Crippen LogP contribution >= 0.6 is 11.8 Å². The highest BCUT2D eigenvalue weighted by Gasteiger charge is 2.16. The number of para-hydroxylation sites is 1. The molecule has 0 aliphatic heterocycles. The number of aromatic nitrogens is 3. The first kappa shape index (κ1) is 18.6. The van der Waals surface area contributed by atoms with Gasteiger partial charge in [0, 0.05) is 23.6 Å². The maximum atomic E-state index is 6.23. The van der Waals surface area contributed by atoms with Gasteiger partial charge in [-0.2, -0.15) is 11.8 Å². The van der Waals surface area contributed by atoms with Gasteiger partial charge < -0.3 is 10.3 Å². The Balaban J connectivity index is 1.50. The molecule has 0 amide bonds. The normalized spacial score (nSPS) is 15.7. The third-order valence-corrected chi connectivity index (χ3v) is 7.15. The Morgan fingerprint density at radius 3 is 2.74 bits per heavy atom. The minimum Gasteiger partial charge on any atom is -0.382 e. The molecule has 1 aromatic carbocycles. The van der Waals surface area contributed by atoms with Gasteiger partial charge in [0.1, 0.15) is 11.3 Å². The lowest BCUT2D eigenvalue weighted by Crippen LogP contribution is -2.09. The van der Waals surface area contributed by atoms with E-state index >= 15 is 0 Å². The van der Waals surface area contributed by atoms with Crippen LogP contribution in [-0.4, -0.2) is 25.5 Å². The molecular weight excluding hydrogens is 352 g/mol. The summed E-state index contributed by atoms with van der Waals surface area (Å²) < 4.78 is 2.39. The van der Waals surface area contributed by atoms with Crippen LogP contribution in [0, 0.1) is 0 Å². The van der Waals surface area contributed by atoms with Crippen molar-refractivity contribution >= 4 is 39.5 Å². The molecule has 0 atom stereocenters. The summed E-state index contributed by atoms with van der Waals surface area (Å²) in [4.78, 5) is 9.38. The van der Waals surface area contributed by atoms with Crippen LogP contribution in [0.15, 0.2) is 24.3 Å². The van der Waals surface area contributed by atoms with Gasteiger partial charge >= 0.3 is 0 Å². The maximum Gasteiger partial charge on any atom is 0.152 e. The number of fused-ring (bicyclic) bond motifs is 3. The molecule has 1 aliphatic carbocycles. The summed E-state index contributed by atoms with van der Waals surface area (Å²) in [5.41, 5.74) is 9.21. The Bertz CT molecular complexity index is 911. The fourth-order valence-electron chi connectivity index (χ4n) is 4.27. The Labute approximate surface area is 165 Å². The topological polar surface area (TPSA) is 56.7 Å². The SMILES string of the molecule is CCc1nc2c(N)nc3ccccc3c2n1CCCCSC1CCCCC1. The Hall–Kier alpha value is -1.75. The fourth-order valence-corrected chi connectivity index (χ4v) is 5.64. The number of thioether (sulfide) groups is 1. The van der Waals surface area contributed by atoms with Gasteiger partial charge in [0.05, 0.1) is 11.0 Å². The van der Waals surface area contributed by atoms with Gasteiger partial charge in [-0.15, -0.1) is 0 Å². The lowest BCUT2D eigenvalue weighted by Gasteiger charge is -2.20. The van der Waals surface area contributed by atoms with E-state index < -0.39 is 0 Å². The van der Waals surface area contributed by atoms with Gasteiger partial charge in [0.2, 0.25) is 0 Å². The standard InChI is InChI=1S/C22H30N4S/c1-2-19-25-20-21(17-12-6-7-13-18(17)24-22(20)23)26(19)14-8-9-15-27-16-10-4-3-5-11-16/h6-7,12-13,16H,2-5,8-11,14-15H2,1H3,(H2,23,24).